The minimum absolute atomic E-state index is 0.469. The number of aromatic nitrogens is 5. The molecule has 0 saturated carbocycles. The Labute approximate surface area is 209 Å². The molecule has 0 bridgehead atoms. The molecule has 0 spiro atoms. The number of likely N-dealkylation sites (tertiary alicyclic amines) is 1. The van der Waals surface area contributed by atoms with Crippen LogP contribution in [-0.4, -0.2) is 55.6 Å². The fraction of sp³-hybridized carbons (Fsp3) is 0.286. The Hall–Kier alpha value is -4.22. The molecule has 6 rings (SSSR count). The molecule has 1 atom stereocenters. The van der Waals surface area contributed by atoms with Gasteiger partial charge in [-0.15, -0.1) is 0 Å². The van der Waals surface area contributed by atoms with E-state index < -0.39 is 0 Å². The van der Waals surface area contributed by atoms with Crippen molar-refractivity contribution in [3.63, 3.8) is 0 Å². The number of hydrogen-bond acceptors (Lipinski definition) is 5. The molecule has 2 aromatic carbocycles. The van der Waals surface area contributed by atoms with E-state index in [-0.39, 0.29) is 0 Å². The van der Waals surface area contributed by atoms with Gasteiger partial charge in [-0.3, -0.25) is 4.40 Å². The molecule has 8 nitrogen and oxygen atoms in total. The van der Waals surface area contributed by atoms with Gasteiger partial charge in [-0.2, -0.15) is 4.98 Å². The molecule has 1 fully saturated rings. The predicted octanol–water partition coefficient (Wildman–Crippen LogP) is 5.22. The summed E-state index contributed by atoms with van der Waals surface area (Å²) in [6, 6.07) is 14.3. The molecule has 3 aromatic heterocycles. The predicted molar refractivity (Wildman–Crippen MR) is 140 cm³/mol. The van der Waals surface area contributed by atoms with Crippen molar-refractivity contribution in [1.82, 2.24) is 28.8 Å². The summed E-state index contributed by atoms with van der Waals surface area (Å²) in [5, 5.41) is 0. The van der Waals surface area contributed by atoms with Gasteiger partial charge in [-0.05, 0) is 49.7 Å². The molecule has 180 valence electrons. The van der Waals surface area contributed by atoms with E-state index in [9.17, 15) is 0 Å². The van der Waals surface area contributed by atoms with Crippen LogP contribution < -0.4 is 4.74 Å². The zero-order chi connectivity index (χ0) is 24.6. The summed E-state index contributed by atoms with van der Waals surface area (Å²) in [6.45, 7) is 10.1. The molecule has 4 heterocycles. The molecular weight excluding hydrogens is 450 g/mol. The van der Waals surface area contributed by atoms with Gasteiger partial charge >= 0.3 is 6.01 Å². The van der Waals surface area contributed by atoms with Crippen molar-refractivity contribution in [2.45, 2.75) is 12.8 Å². The lowest BCUT2D eigenvalue weighted by molar-refractivity contribution is 0.143. The number of aryl methyl sites for hydroxylation is 1. The molecule has 0 amide bonds. The third kappa shape index (κ3) is 3.97. The van der Waals surface area contributed by atoms with Gasteiger partial charge in [0.15, 0.2) is 11.3 Å². The summed E-state index contributed by atoms with van der Waals surface area (Å²) in [4.78, 5) is 20.2. The van der Waals surface area contributed by atoms with E-state index in [1.807, 2.05) is 52.8 Å². The molecule has 0 radical (unpaired) electrons. The maximum Gasteiger partial charge on any atom is 0.302 e. The zero-order valence-electron chi connectivity index (χ0n) is 20.4. The minimum Gasteiger partial charge on any atom is -0.464 e. The van der Waals surface area contributed by atoms with Crippen LogP contribution in [0.5, 0.6) is 6.01 Å². The topological polar surface area (TPSA) is 64.8 Å². The van der Waals surface area contributed by atoms with Crippen molar-refractivity contribution < 1.29 is 4.74 Å². The van der Waals surface area contributed by atoms with Gasteiger partial charge in [0.05, 0.1) is 41.8 Å². The summed E-state index contributed by atoms with van der Waals surface area (Å²) in [5.74, 6) is 0.469. The van der Waals surface area contributed by atoms with E-state index >= 15 is 0 Å². The van der Waals surface area contributed by atoms with Crippen molar-refractivity contribution in [2.24, 2.45) is 13.0 Å². The van der Waals surface area contributed by atoms with Crippen LogP contribution in [0.4, 0.5) is 5.69 Å². The molecule has 0 N–H and O–H groups in total. The second kappa shape index (κ2) is 9.10. The maximum absolute atomic E-state index is 7.33. The van der Waals surface area contributed by atoms with Crippen molar-refractivity contribution in [3.8, 4) is 28.4 Å². The Morgan fingerprint density at radius 3 is 2.72 bits per heavy atom. The number of nitrogens with zero attached hydrogens (tertiary/aromatic N) is 7. The van der Waals surface area contributed by atoms with Gasteiger partial charge in [0.2, 0.25) is 0 Å². The summed E-state index contributed by atoms with van der Waals surface area (Å²) in [6.07, 6.45) is 7.85. The second-order valence-corrected chi connectivity index (χ2v) is 9.54. The van der Waals surface area contributed by atoms with Gasteiger partial charge in [0.1, 0.15) is 0 Å². The van der Waals surface area contributed by atoms with Crippen LogP contribution in [0.3, 0.4) is 0 Å². The molecule has 8 heteroatoms. The molecule has 1 aliphatic rings. The number of imidazole rings is 2. The summed E-state index contributed by atoms with van der Waals surface area (Å²) >= 11 is 0. The van der Waals surface area contributed by atoms with E-state index in [4.69, 9.17) is 21.3 Å². The molecule has 1 aliphatic heterocycles. The quantitative estimate of drug-likeness (QED) is 0.325. The van der Waals surface area contributed by atoms with E-state index in [2.05, 4.69) is 40.0 Å². The lowest BCUT2D eigenvalue weighted by Gasteiger charge is -2.29. The Balaban J connectivity index is 1.49. The van der Waals surface area contributed by atoms with Gasteiger partial charge < -0.3 is 14.2 Å². The smallest absolute Gasteiger partial charge is 0.302 e. The van der Waals surface area contributed by atoms with Crippen LogP contribution in [0.1, 0.15) is 12.8 Å². The summed E-state index contributed by atoms with van der Waals surface area (Å²) < 4.78 is 10.3. The summed E-state index contributed by atoms with van der Waals surface area (Å²) in [5.41, 5.74) is 6.92. The molecule has 36 heavy (non-hydrogen) atoms. The van der Waals surface area contributed by atoms with Crippen molar-refractivity contribution in [3.05, 3.63) is 72.6 Å². The highest BCUT2D eigenvalue weighted by molar-refractivity contribution is 5.93. The van der Waals surface area contributed by atoms with E-state index in [0.29, 0.717) is 24.2 Å². The third-order valence-electron chi connectivity index (χ3n) is 6.97. The Kier molecular flexibility index (Phi) is 5.62. The fourth-order valence-corrected chi connectivity index (χ4v) is 5.12. The van der Waals surface area contributed by atoms with E-state index in [1.54, 1.807) is 6.20 Å². The van der Waals surface area contributed by atoms with Crippen molar-refractivity contribution in [1.29, 1.82) is 0 Å². The lowest BCUT2D eigenvalue weighted by Crippen LogP contribution is -2.35. The number of benzene rings is 2. The van der Waals surface area contributed by atoms with Crippen LogP contribution in [0, 0.1) is 12.5 Å². The lowest BCUT2D eigenvalue weighted by atomic mass is 9.99. The van der Waals surface area contributed by atoms with Gasteiger partial charge in [0, 0.05) is 31.9 Å². The highest BCUT2D eigenvalue weighted by Crippen LogP contribution is 2.37. The number of fused-ring (bicyclic) bond motifs is 2. The van der Waals surface area contributed by atoms with Crippen LogP contribution in [0.15, 0.2) is 61.2 Å². The first-order valence-corrected chi connectivity index (χ1v) is 12.2. The first-order valence-electron chi connectivity index (χ1n) is 12.2. The molecular formula is C28H27N7O. The number of hydrogen-bond donors (Lipinski definition) is 0. The van der Waals surface area contributed by atoms with Gasteiger partial charge in [0.25, 0.3) is 0 Å². The highest BCUT2D eigenvalue weighted by atomic mass is 16.5. The van der Waals surface area contributed by atoms with Crippen LogP contribution in [0.25, 0.3) is 43.9 Å². The minimum atomic E-state index is 0.469. The number of rotatable bonds is 5. The van der Waals surface area contributed by atoms with E-state index in [1.165, 1.54) is 6.42 Å². The highest BCUT2D eigenvalue weighted by Gasteiger charge is 2.22. The van der Waals surface area contributed by atoms with Crippen LogP contribution >= 0.6 is 0 Å². The van der Waals surface area contributed by atoms with E-state index in [0.717, 1.165) is 58.6 Å². The normalized spacial score (nSPS) is 16.4. The molecule has 5 aromatic rings. The largest absolute Gasteiger partial charge is 0.464 e. The molecule has 0 aliphatic carbocycles. The maximum atomic E-state index is 7.33. The fourth-order valence-electron chi connectivity index (χ4n) is 5.12. The summed E-state index contributed by atoms with van der Waals surface area (Å²) in [7, 11) is 4.15. The first-order chi connectivity index (χ1) is 17.6. The number of piperidine rings is 1. The van der Waals surface area contributed by atoms with Gasteiger partial charge in [-0.25, -0.2) is 14.8 Å². The average Bonchev–Trinajstić information content (AvgIpc) is 3.54. The molecule has 1 saturated heterocycles. The Morgan fingerprint density at radius 1 is 1.08 bits per heavy atom. The second-order valence-electron chi connectivity index (χ2n) is 9.54. The van der Waals surface area contributed by atoms with Crippen LogP contribution in [0.2, 0.25) is 0 Å². The van der Waals surface area contributed by atoms with Crippen LogP contribution in [-0.2, 0) is 7.05 Å². The average molecular weight is 478 g/mol. The standard InChI is InChI=1S/C28H27N7O/c1-29-22-9-6-20(7-10-22)26-25(21-8-11-24-23(15-21)31-18-34(24)3)27-30-12-14-35(27)28(32-26)36-17-19-5-4-13-33(2)16-19/h6-12,14-15,18-19H,4-5,13,16-17H2,2-3H3/t19-/m1/s1. The monoisotopic (exact) mass is 477 g/mol. The first kappa shape index (κ1) is 22.3. The van der Waals surface area contributed by atoms with Gasteiger partial charge in [-0.1, -0.05) is 30.3 Å². The van der Waals surface area contributed by atoms with Crippen molar-refractivity contribution in [2.75, 3.05) is 26.7 Å². The Bertz CT molecular complexity index is 1590. The third-order valence-corrected chi connectivity index (χ3v) is 6.97. The zero-order valence-corrected chi connectivity index (χ0v) is 20.4. The molecule has 0 unspecified atom stereocenters. The number of ether oxygens (including phenoxy) is 1. The Morgan fingerprint density at radius 2 is 1.92 bits per heavy atom. The van der Waals surface area contributed by atoms with Crippen molar-refractivity contribution >= 4 is 22.4 Å². The SMILES string of the molecule is [C-]#[N+]c1ccc(-c2nc(OC[C@@H]3CCCN(C)C3)n3ccnc3c2-c2ccc3c(c2)ncn3C)cc1.